The molecule has 4 nitrogen and oxygen atoms in total. The maximum absolute atomic E-state index is 12.3. The van der Waals surface area contributed by atoms with Crippen LogP contribution in [0.4, 0.5) is 5.69 Å². The molecule has 2 aromatic rings. The minimum absolute atomic E-state index is 0.0765. The molecule has 25 heavy (non-hydrogen) atoms. The minimum Gasteiger partial charge on any atom is -0.350 e. The number of rotatable bonds is 6. The molecule has 132 valence electrons. The van der Waals surface area contributed by atoms with Crippen molar-refractivity contribution in [2.75, 3.05) is 11.4 Å². The van der Waals surface area contributed by atoms with Gasteiger partial charge in [-0.25, -0.2) is 0 Å². The number of hydrogen-bond donors (Lipinski definition) is 1. The third kappa shape index (κ3) is 5.33. The number of halogens is 1. The first kappa shape index (κ1) is 19.0. The van der Waals surface area contributed by atoms with Crippen LogP contribution in [0.2, 0.25) is 5.02 Å². The monoisotopic (exact) mass is 358 g/mol. The van der Waals surface area contributed by atoms with Crippen molar-refractivity contribution in [2.45, 2.75) is 33.2 Å². The summed E-state index contributed by atoms with van der Waals surface area (Å²) in [6.07, 6.45) is 0.225. The molecule has 0 heterocycles. The van der Waals surface area contributed by atoms with Crippen molar-refractivity contribution < 1.29 is 9.59 Å². The van der Waals surface area contributed by atoms with Gasteiger partial charge in [-0.1, -0.05) is 48.0 Å². The van der Waals surface area contributed by atoms with E-state index < -0.39 is 0 Å². The molecule has 2 amide bonds. The van der Waals surface area contributed by atoms with E-state index in [0.717, 1.165) is 16.8 Å². The quantitative estimate of drug-likeness (QED) is 0.838. The fourth-order valence-electron chi connectivity index (χ4n) is 2.67. The lowest BCUT2D eigenvalue weighted by Crippen LogP contribution is -2.35. The minimum atomic E-state index is -0.116. The summed E-state index contributed by atoms with van der Waals surface area (Å²) in [5, 5.41) is 3.53. The van der Waals surface area contributed by atoms with Crippen molar-refractivity contribution in [3.8, 4) is 0 Å². The van der Waals surface area contributed by atoms with Gasteiger partial charge in [-0.2, -0.15) is 0 Å². The van der Waals surface area contributed by atoms with Crippen LogP contribution in [0.5, 0.6) is 0 Å². The van der Waals surface area contributed by atoms with Crippen LogP contribution in [0, 0.1) is 6.92 Å². The van der Waals surface area contributed by atoms with Gasteiger partial charge in [-0.3, -0.25) is 9.59 Å². The van der Waals surface area contributed by atoms with Crippen LogP contribution in [-0.4, -0.2) is 18.4 Å². The van der Waals surface area contributed by atoms with Crippen molar-refractivity contribution in [3.63, 3.8) is 0 Å². The zero-order valence-corrected chi connectivity index (χ0v) is 15.5. The number of carbonyl (C=O) groups excluding carboxylic acids is 2. The molecule has 2 aromatic carbocycles. The topological polar surface area (TPSA) is 49.4 Å². The first-order valence-electron chi connectivity index (χ1n) is 8.27. The summed E-state index contributed by atoms with van der Waals surface area (Å²) in [6.45, 7) is 5.66. The van der Waals surface area contributed by atoms with Crippen LogP contribution in [0.3, 0.4) is 0 Å². The molecule has 0 aliphatic carbocycles. The molecule has 0 aliphatic rings. The number of anilines is 1. The molecule has 0 radical (unpaired) electrons. The molecule has 0 aromatic heterocycles. The second-order valence-corrected chi connectivity index (χ2v) is 6.49. The smallest absolute Gasteiger partial charge is 0.223 e. The number of benzene rings is 2. The number of hydrogen-bond acceptors (Lipinski definition) is 2. The van der Waals surface area contributed by atoms with Gasteiger partial charge >= 0.3 is 0 Å². The van der Waals surface area contributed by atoms with Crippen molar-refractivity contribution in [1.29, 1.82) is 0 Å². The Bertz CT molecular complexity index is 747. The Balaban J connectivity index is 2.00. The molecule has 0 bridgehead atoms. The number of aryl methyl sites for hydroxylation is 1. The summed E-state index contributed by atoms with van der Waals surface area (Å²) in [4.78, 5) is 25.9. The second-order valence-electron chi connectivity index (χ2n) is 6.05. The van der Waals surface area contributed by atoms with E-state index in [-0.39, 0.29) is 24.3 Å². The lowest BCUT2D eigenvalue weighted by Gasteiger charge is -2.23. The molecule has 0 saturated carbocycles. The molecule has 0 spiro atoms. The first-order valence-corrected chi connectivity index (χ1v) is 8.65. The summed E-state index contributed by atoms with van der Waals surface area (Å²) >= 11 is 6.05. The van der Waals surface area contributed by atoms with Gasteiger partial charge in [0.25, 0.3) is 0 Å². The highest BCUT2D eigenvalue weighted by Gasteiger charge is 2.17. The predicted molar refractivity (Wildman–Crippen MR) is 102 cm³/mol. The SMILES string of the molecule is CC(=O)N(CCC(=O)NC(C)c1ccccc1)c1cc(Cl)ccc1C. The fraction of sp³-hybridized carbons (Fsp3) is 0.300. The fourth-order valence-corrected chi connectivity index (χ4v) is 2.84. The Kier molecular flexibility index (Phi) is 6.59. The highest BCUT2D eigenvalue weighted by atomic mass is 35.5. The zero-order valence-electron chi connectivity index (χ0n) is 14.8. The second kappa shape index (κ2) is 8.67. The third-order valence-electron chi connectivity index (χ3n) is 4.08. The average molecular weight is 359 g/mol. The molecule has 1 atom stereocenters. The van der Waals surface area contributed by atoms with Gasteiger partial charge in [0.05, 0.1) is 6.04 Å². The van der Waals surface area contributed by atoms with Crippen LogP contribution >= 0.6 is 11.6 Å². The number of nitrogens with one attached hydrogen (secondary N) is 1. The standard InChI is InChI=1S/C20H23ClN2O2/c1-14-9-10-18(21)13-19(14)23(16(3)24)12-11-20(25)22-15(2)17-7-5-4-6-8-17/h4-10,13,15H,11-12H2,1-3H3,(H,22,25). The average Bonchev–Trinajstić information content (AvgIpc) is 2.58. The van der Waals surface area contributed by atoms with Crippen LogP contribution in [-0.2, 0) is 9.59 Å². The Morgan fingerprint density at radius 3 is 2.48 bits per heavy atom. The van der Waals surface area contributed by atoms with E-state index >= 15 is 0 Å². The van der Waals surface area contributed by atoms with Crippen molar-refractivity contribution in [1.82, 2.24) is 5.32 Å². The van der Waals surface area contributed by atoms with Crippen molar-refractivity contribution in [3.05, 3.63) is 64.7 Å². The first-order chi connectivity index (χ1) is 11.9. The maximum atomic E-state index is 12.3. The third-order valence-corrected chi connectivity index (χ3v) is 4.32. The summed E-state index contributed by atoms with van der Waals surface area (Å²) in [5.74, 6) is -0.212. The van der Waals surface area contributed by atoms with E-state index in [2.05, 4.69) is 5.32 Å². The largest absolute Gasteiger partial charge is 0.350 e. The number of nitrogens with zero attached hydrogens (tertiary/aromatic N) is 1. The van der Waals surface area contributed by atoms with Crippen molar-refractivity contribution in [2.24, 2.45) is 0 Å². The summed E-state index contributed by atoms with van der Waals surface area (Å²) in [6, 6.07) is 15.1. The van der Waals surface area contributed by atoms with Crippen LogP contribution < -0.4 is 10.2 Å². The highest BCUT2D eigenvalue weighted by Crippen LogP contribution is 2.24. The van der Waals surface area contributed by atoms with E-state index in [9.17, 15) is 9.59 Å². The van der Waals surface area contributed by atoms with Gasteiger partial charge in [0.1, 0.15) is 0 Å². The van der Waals surface area contributed by atoms with E-state index in [1.54, 1.807) is 17.0 Å². The van der Waals surface area contributed by atoms with E-state index in [4.69, 9.17) is 11.6 Å². The Morgan fingerprint density at radius 2 is 1.84 bits per heavy atom. The van der Waals surface area contributed by atoms with E-state index in [1.807, 2.05) is 50.2 Å². The van der Waals surface area contributed by atoms with Gasteiger partial charge in [-0.15, -0.1) is 0 Å². The molecule has 0 fully saturated rings. The van der Waals surface area contributed by atoms with E-state index in [1.165, 1.54) is 6.92 Å². The van der Waals surface area contributed by atoms with Crippen LogP contribution in [0.1, 0.15) is 37.4 Å². The summed E-state index contributed by atoms with van der Waals surface area (Å²) < 4.78 is 0. The maximum Gasteiger partial charge on any atom is 0.223 e. The Labute approximate surface area is 153 Å². The summed E-state index contributed by atoms with van der Waals surface area (Å²) in [5.41, 5.74) is 2.73. The van der Waals surface area contributed by atoms with Gasteiger partial charge in [-0.05, 0) is 37.1 Å². The molecule has 5 heteroatoms. The molecule has 2 rings (SSSR count). The van der Waals surface area contributed by atoms with Crippen LogP contribution in [0.25, 0.3) is 0 Å². The van der Waals surface area contributed by atoms with Gasteiger partial charge in [0, 0.05) is 30.6 Å². The summed E-state index contributed by atoms with van der Waals surface area (Å²) in [7, 11) is 0. The van der Waals surface area contributed by atoms with Gasteiger partial charge in [0.15, 0.2) is 0 Å². The van der Waals surface area contributed by atoms with Gasteiger partial charge < -0.3 is 10.2 Å². The Morgan fingerprint density at radius 1 is 1.16 bits per heavy atom. The molecule has 1 N–H and O–H groups in total. The molecular weight excluding hydrogens is 336 g/mol. The Hall–Kier alpha value is -2.33. The van der Waals surface area contributed by atoms with Crippen LogP contribution in [0.15, 0.2) is 48.5 Å². The van der Waals surface area contributed by atoms with Gasteiger partial charge in [0.2, 0.25) is 11.8 Å². The molecule has 0 aliphatic heterocycles. The van der Waals surface area contributed by atoms with E-state index in [0.29, 0.717) is 11.6 Å². The molecular formula is C20H23ClN2O2. The zero-order chi connectivity index (χ0) is 18.4. The predicted octanol–water partition coefficient (Wildman–Crippen LogP) is 4.27. The molecule has 0 saturated heterocycles. The lowest BCUT2D eigenvalue weighted by atomic mass is 10.1. The normalized spacial score (nSPS) is 11.7. The van der Waals surface area contributed by atoms with Crippen molar-refractivity contribution >= 4 is 29.1 Å². The molecule has 1 unspecified atom stereocenters. The lowest BCUT2D eigenvalue weighted by molar-refractivity contribution is -0.121. The number of amides is 2. The highest BCUT2D eigenvalue weighted by molar-refractivity contribution is 6.31. The number of carbonyl (C=O) groups is 2.